The van der Waals surface area contributed by atoms with Crippen LogP contribution in [0, 0.1) is 13.8 Å². The molecule has 1 aliphatic heterocycles. The number of carbonyl (C=O) groups excluding carboxylic acids is 2. The number of rotatable bonds is 5. The summed E-state index contributed by atoms with van der Waals surface area (Å²) in [5.74, 6) is 1.34. The fourth-order valence-corrected chi connectivity index (χ4v) is 3.93. The van der Waals surface area contributed by atoms with Gasteiger partial charge in [-0.05, 0) is 68.8 Å². The lowest BCUT2D eigenvalue weighted by molar-refractivity contribution is 0.0762. The fourth-order valence-electron chi connectivity index (χ4n) is 3.80. The molecule has 0 atom stereocenters. The number of benzene rings is 2. The van der Waals surface area contributed by atoms with Crippen LogP contribution in [-0.2, 0) is 6.61 Å². The number of urea groups is 1. The summed E-state index contributed by atoms with van der Waals surface area (Å²) in [6.45, 7) is 6.19. The number of aromatic nitrogens is 1. The molecule has 34 heavy (non-hydrogen) atoms. The van der Waals surface area contributed by atoms with Crippen LogP contribution in [0.25, 0.3) is 0 Å². The Balaban J connectivity index is 1.30. The lowest BCUT2D eigenvalue weighted by Crippen LogP contribution is -2.39. The summed E-state index contributed by atoms with van der Waals surface area (Å²) >= 11 is 5.90. The Labute approximate surface area is 203 Å². The molecular formula is C25H27ClN4O4. The number of hydrogen-bond donors (Lipinski definition) is 1. The molecule has 0 saturated carbocycles. The van der Waals surface area contributed by atoms with Gasteiger partial charge in [-0.15, -0.1) is 0 Å². The third kappa shape index (κ3) is 5.69. The highest BCUT2D eigenvalue weighted by Crippen LogP contribution is 2.19. The molecule has 0 aliphatic carbocycles. The van der Waals surface area contributed by atoms with Gasteiger partial charge in [-0.1, -0.05) is 16.8 Å². The second-order valence-electron chi connectivity index (χ2n) is 8.19. The van der Waals surface area contributed by atoms with Gasteiger partial charge in [0, 0.05) is 42.5 Å². The van der Waals surface area contributed by atoms with Crippen molar-refractivity contribution in [2.45, 2.75) is 26.9 Å². The average Bonchev–Trinajstić information content (AvgIpc) is 3.02. The van der Waals surface area contributed by atoms with E-state index in [2.05, 4.69) is 10.5 Å². The number of carbonyl (C=O) groups is 2. The molecule has 0 bridgehead atoms. The van der Waals surface area contributed by atoms with E-state index in [9.17, 15) is 9.59 Å². The highest BCUT2D eigenvalue weighted by atomic mass is 35.5. The molecule has 1 saturated heterocycles. The minimum Gasteiger partial charge on any atom is -0.489 e. The first kappa shape index (κ1) is 23.6. The monoisotopic (exact) mass is 482 g/mol. The lowest BCUT2D eigenvalue weighted by atomic mass is 10.2. The molecule has 2 aromatic carbocycles. The predicted octanol–water partition coefficient (Wildman–Crippen LogP) is 4.90. The molecule has 1 fully saturated rings. The maximum Gasteiger partial charge on any atom is 0.321 e. The van der Waals surface area contributed by atoms with E-state index in [1.54, 1.807) is 58.3 Å². The highest BCUT2D eigenvalue weighted by molar-refractivity contribution is 6.30. The molecular weight excluding hydrogens is 456 g/mol. The Bertz CT molecular complexity index is 1130. The van der Waals surface area contributed by atoms with Gasteiger partial charge in [-0.25, -0.2) is 4.79 Å². The van der Waals surface area contributed by atoms with Crippen LogP contribution in [0.2, 0.25) is 5.02 Å². The van der Waals surface area contributed by atoms with Gasteiger partial charge in [0.15, 0.2) is 0 Å². The standard InChI is InChI=1S/C25H27ClN4O4/c1-17-23(18(2)34-28-17)16-33-22-10-4-19(5-11-22)24(31)29-12-3-13-30(15-14-29)25(32)27-21-8-6-20(26)7-9-21/h4-11H,3,12-16H2,1-2H3,(H,27,32). The SMILES string of the molecule is Cc1noc(C)c1COc1ccc(C(=O)N2CCCN(C(=O)Nc3ccc(Cl)cc3)CC2)cc1. The summed E-state index contributed by atoms with van der Waals surface area (Å²) in [7, 11) is 0. The van der Waals surface area contributed by atoms with Crippen LogP contribution < -0.4 is 10.1 Å². The van der Waals surface area contributed by atoms with Crippen molar-refractivity contribution < 1.29 is 18.8 Å². The Morgan fingerprint density at radius 1 is 1.00 bits per heavy atom. The third-order valence-corrected chi connectivity index (χ3v) is 6.08. The summed E-state index contributed by atoms with van der Waals surface area (Å²) in [5, 5.41) is 7.42. The Hall–Kier alpha value is -3.52. The molecule has 1 aliphatic rings. The molecule has 4 rings (SSSR count). The van der Waals surface area contributed by atoms with Crippen molar-refractivity contribution in [3.05, 3.63) is 76.1 Å². The summed E-state index contributed by atoms with van der Waals surface area (Å²) in [6.07, 6.45) is 0.707. The van der Waals surface area contributed by atoms with Crippen molar-refractivity contribution in [3.8, 4) is 5.75 Å². The summed E-state index contributed by atoms with van der Waals surface area (Å²) in [5.41, 5.74) is 3.00. The summed E-state index contributed by atoms with van der Waals surface area (Å²) in [6, 6.07) is 13.9. The molecule has 3 amide bonds. The zero-order valence-electron chi connectivity index (χ0n) is 19.2. The van der Waals surface area contributed by atoms with Gasteiger partial charge in [-0.3, -0.25) is 4.79 Å². The highest BCUT2D eigenvalue weighted by Gasteiger charge is 2.23. The molecule has 9 heteroatoms. The van der Waals surface area contributed by atoms with Gasteiger partial charge >= 0.3 is 6.03 Å². The largest absolute Gasteiger partial charge is 0.489 e. The Kier molecular flexibility index (Phi) is 7.37. The van der Waals surface area contributed by atoms with E-state index in [0.717, 1.165) is 17.0 Å². The first-order chi connectivity index (χ1) is 16.4. The van der Waals surface area contributed by atoms with E-state index >= 15 is 0 Å². The van der Waals surface area contributed by atoms with Gasteiger partial charge in [0.1, 0.15) is 18.1 Å². The number of anilines is 1. The third-order valence-electron chi connectivity index (χ3n) is 5.83. The number of nitrogens with zero attached hydrogens (tertiary/aromatic N) is 3. The lowest BCUT2D eigenvalue weighted by Gasteiger charge is -2.22. The summed E-state index contributed by atoms with van der Waals surface area (Å²) < 4.78 is 11.0. The van der Waals surface area contributed by atoms with E-state index in [4.69, 9.17) is 20.9 Å². The van der Waals surface area contributed by atoms with E-state index < -0.39 is 0 Å². The van der Waals surface area contributed by atoms with E-state index in [-0.39, 0.29) is 11.9 Å². The number of nitrogens with one attached hydrogen (secondary N) is 1. The first-order valence-corrected chi connectivity index (χ1v) is 11.5. The maximum absolute atomic E-state index is 13.0. The second kappa shape index (κ2) is 10.6. The van der Waals surface area contributed by atoms with Gasteiger partial charge in [0.2, 0.25) is 0 Å². The van der Waals surface area contributed by atoms with E-state index in [1.165, 1.54) is 0 Å². The number of aryl methyl sites for hydroxylation is 2. The van der Waals surface area contributed by atoms with Crippen LogP contribution in [0.1, 0.15) is 33.8 Å². The maximum atomic E-state index is 13.0. The Morgan fingerprint density at radius 2 is 1.68 bits per heavy atom. The number of halogens is 1. The normalized spacial score (nSPS) is 14.0. The molecule has 0 unspecified atom stereocenters. The molecule has 0 radical (unpaired) electrons. The minimum atomic E-state index is -0.184. The van der Waals surface area contributed by atoms with Crippen molar-refractivity contribution in [3.63, 3.8) is 0 Å². The molecule has 8 nitrogen and oxygen atoms in total. The molecule has 1 aromatic heterocycles. The van der Waals surface area contributed by atoms with Gasteiger partial charge < -0.3 is 24.4 Å². The van der Waals surface area contributed by atoms with E-state index in [1.807, 2.05) is 13.8 Å². The summed E-state index contributed by atoms with van der Waals surface area (Å²) in [4.78, 5) is 29.2. The number of ether oxygens (including phenoxy) is 1. The van der Waals surface area contributed by atoms with Crippen LogP contribution >= 0.6 is 11.6 Å². The second-order valence-corrected chi connectivity index (χ2v) is 8.62. The van der Waals surface area contributed by atoms with Crippen molar-refractivity contribution >= 4 is 29.2 Å². The van der Waals surface area contributed by atoms with Crippen molar-refractivity contribution in [1.29, 1.82) is 0 Å². The zero-order valence-corrected chi connectivity index (χ0v) is 20.0. The van der Waals surface area contributed by atoms with Gasteiger partial charge in [0.25, 0.3) is 5.91 Å². The zero-order chi connectivity index (χ0) is 24.1. The minimum absolute atomic E-state index is 0.0581. The van der Waals surface area contributed by atoms with E-state index in [0.29, 0.717) is 61.2 Å². The topological polar surface area (TPSA) is 87.9 Å². The van der Waals surface area contributed by atoms with Crippen LogP contribution in [0.15, 0.2) is 53.1 Å². The van der Waals surface area contributed by atoms with Gasteiger partial charge in [-0.2, -0.15) is 0 Å². The number of amides is 3. The fraction of sp³-hybridized carbons (Fsp3) is 0.320. The van der Waals surface area contributed by atoms with Crippen LogP contribution in [0.4, 0.5) is 10.5 Å². The van der Waals surface area contributed by atoms with Crippen molar-refractivity contribution in [1.82, 2.24) is 15.0 Å². The quantitative estimate of drug-likeness (QED) is 0.558. The Morgan fingerprint density at radius 3 is 2.35 bits per heavy atom. The molecule has 178 valence electrons. The first-order valence-electron chi connectivity index (χ1n) is 11.2. The smallest absolute Gasteiger partial charge is 0.321 e. The van der Waals surface area contributed by atoms with Crippen LogP contribution in [-0.4, -0.2) is 53.1 Å². The number of hydrogen-bond acceptors (Lipinski definition) is 5. The predicted molar refractivity (Wildman–Crippen MR) is 129 cm³/mol. The average molecular weight is 483 g/mol. The molecule has 1 N–H and O–H groups in total. The van der Waals surface area contributed by atoms with Gasteiger partial charge in [0.05, 0.1) is 11.3 Å². The molecule has 3 aromatic rings. The van der Waals surface area contributed by atoms with Crippen molar-refractivity contribution in [2.75, 3.05) is 31.5 Å². The molecule has 0 spiro atoms. The van der Waals surface area contributed by atoms with Crippen LogP contribution in [0.5, 0.6) is 5.75 Å². The van der Waals surface area contributed by atoms with Crippen LogP contribution in [0.3, 0.4) is 0 Å². The van der Waals surface area contributed by atoms with Crippen molar-refractivity contribution in [2.24, 2.45) is 0 Å². The molecule has 2 heterocycles.